The number of imidazole rings is 1. The normalized spacial score (nSPS) is 10.8. The lowest BCUT2D eigenvalue weighted by atomic mass is 10.3. The first-order valence-electron chi connectivity index (χ1n) is 5.36. The molecule has 0 saturated heterocycles. The molecule has 0 unspecified atom stereocenters. The summed E-state index contributed by atoms with van der Waals surface area (Å²) in [6.45, 7) is 2.83. The molecule has 84 valence electrons. The number of aryl methyl sites for hydroxylation is 1. The van der Waals surface area contributed by atoms with Gasteiger partial charge in [-0.25, -0.2) is 4.98 Å². The first-order valence-corrected chi connectivity index (χ1v) is 5.36. The number of hydrogen-bond acceptors (Lipinski definition) is 3. The van der Waals surface area contributed by atoms with E-state index in [-0.39, 0.29) is 6.42 Å². The van der Waals surface area contributed by atoms with Gasteiger partial charge >= 0.3 is 0 Å². The van der Waals surface area contributed by atoms with Crippen molar-refractivity contribution in [2.75, 3.05) is 0 Å². The van der Waals surface area contributed by atoms with Gasteiger partial charge in [-0.2, -0.15) is 0 Å². The lowest BCUT2D eigenvalue weighted by Gasteiger charge is -2.07. The zero-order chi connectivity index (χ0) is 11.5. The Hall–Kier alpha value is -1.84. The highest BCUT2D eigenvalue weighted by atomic mass is 16.4. The average molecular weight is 217 g/mol. The molecule has 0 radical (unpaired) electrons. The largest absolute Gasteiger partial charge is 0.550 e. The molecule has 1 heterocycles. The summed E-state index contributed by atoms with van der Waals surface area (Å²) in [4.78, 5) is 15.0. The highest BCUT2D eigenvalue weighted by Crippen LogP contribution is 2.16. The maximum Gasteiger partial charge on any atom is 0.115 e. The zero-order valence-corrected chi connectivity index (χ0v) is 9.14. The Morgan fingerprint density at radius 2 is 2.19 bits per heavy atom. The molecule has 0 N–H and O–H groups in total. The number of benzene rings is 1. The number of rotatable bonds is 4. The van der Waals surface area contributed by atoms with Crippen LogP contribution < -0.4 is 5.11 Å². The second-order valence-electron chi connectivity index (χ2n) is 3.72. The molecule has 0 aliphatic rings. The number of carbonyl (C=O) groups is 1. The number of para-hydroxylation sites is 2. The molecule has 4 nitrogen and oxygen atoms in total. The van der Waals surface area contributed by atoms with Crippen molar-refractivity contribution in [3.8, 4) is 0 Å². The molecule has 1 aromatic carbocycles. The predicted octanol–water partition coefficient (Wildman–Crippen LogP) is 0.739. The fraction of sp³-hybridized carbons (Fsp3) is 0.333. The van der Waals surface area contributed by atoms with Crippen molar-refractivity contribution in [2.45, 2.75) is 26.3 Å². The third-order valence-corrected chi connectivity index (χ3v) is 2.48. The van der Waals surface area contributed by atoms with Gasteiger partial charge in [-0.1, -0.05) is 19.1 Å². The Morgan fingerprint density at radius 1 is 1.44 bits per heavy atom. The molecule has 0 spiro atoms. The number of carbonyl (C=O) groups excluding carboxylic acids is 1. The van der Waals surface area contributed by atoms with E-state index in [2.05, 4.69) is 11.9 Å². The summed E-state index contributed by atoms with van der Waals surface area (Å²) < 4.78 is 1.95. The number of carboxylic acid groups (broad SMARTS) is 1. The summed E-state index contributed by atoms with van der Waals surface area (Å²) in [6, 6.07) is 7.67. The highest BCUT2D eigenvalue weighted by Gasteiger charge is 2.09. The van der Waals surface area contributed by atoms with Crippen molar-refractivity contribution in [2.24, 2.45) is 0 Å². The van der Waals surface area contributed by atoms with E-state index < -0.39 is 5.97 Å². The second-order valence-corrected chi connectivity index (χ2v) is 3.72. The van der Waals surface area contributed by atoms with Crippen LogP contribution >= 0.6 is 0 Å². The number of aromatic nitrogens is 2. The van der Waals surface area contributed by atoms with Crippen LogP contribution in [0.2, 0.25) is 0 Å². The molecule has 16 heavy (non-hydrogen) atoms. The highest BCUT2D eigenvalue weighted by molar-refractivity contribution is 5.77. The summed E-state index contributed by atoms with van der Waals surface area (Å²) in [5, 5.41) is 10.6. The molecule has 1 aromatic heterocycles. The molecular weight excluding hydrogens is 204 g/mol. The van der Waals surface area contributed by atoms with Crippen molar-refractivity contribution in [1.82, 2.24) is 9.55 Å². The molecule has 0 saturated carbocycles. The third-order valence-electron chi connectivity index (χ3n) is 2.48. The summed E-state index contributed by atoms with van der Waals surface area (Å²) in [7, 11) is 0. The van der Waals surface area contributed by atoms with Crippen molar-refractivity contribution in [3.63, 3.8) is 0 Å². The van der Waals surface area contributed by atoms with Crippen LogP contribution in [0.25, 0.3) is 11.0 Å². The van der Waals surface area contributed by atoms with E-state index >= 15 is 0 Å². The van der Waals surface area contributed by atoms with Gasteiger partial charge in [0.1, 0.15) is 5.82 Å². The first kappa shape index (κ1) is 10.7. The van der Waals surface area contributed by atoms with Gasteiger partial charge in [0.05, 0.1) is 11.0 Å². The summed E-state index contributed by atoms with van der Waals surface area (Å²) in [6.07, 6.45) is 0.815. The van der Waals surface area contributed by atoms with Crippen LogP contribution in [0.3, 0.4) is 0 Å². The second kappa shape index (κ2) is 4.35. The number of fused-ring (bicyclic) bond motifs is 1. The van der Waals surface area contributed by atoms with Crippen LogP contribution in [0, 0.1) is 0 Å². The lowest BCUT2D eigenvalue weighted by Crippen LogP contribution is -2.26. The maximum atomic E-state index is 10.6. The van der Waals surface area contributed by atoms with E-state index in [4.69, 9.17) is 0 Å². The Morgan fingerprint density at radius 3 is 2.88 bits per heavy atom. The van der Waals surface area contributed by atoms with Gasteiger partial charge in [0.25, 0.3) is 0 Å². The Kier molecular flexibility index (Phi) is 2.90. The molecule has 2 rings (SSSR count). The minimum Gasteiger partial charge on any atom is -0.550 e. The smallest absolute Gasteiger partial charge is 0.115 e. The molecular formula is C12H13N2O2-. The Labute approximate surface area is 93.5 Å². The fourth-order valence-corrected chi connectivity index (χ4v) is 1.86. The van der Waals surface area contributed by atoms with Crippen LogP contribution in [0.1, 0.15) is 19.2 Å². The molecule has 0 aliphatic heterocycles. The quantitative estimate of drug-likeness (QED) is 0.759. The predicted molar refractivity (Wildman–Crippen MR) is 58.7 cm³/mol. The lowest BCUT2D eigenvalue weighted by molar-refractivity contribution is -0.304. The topological polar surface area (TPSA) is 58.0 Å². The van der Waals surface area contributed by atoms with E-state index in [1.54, 1.807) is 0 Å². The summed E-state index contributed by atoms with van der Waals surface area (Å²) in [5.74, 6) is -0.518. The molecule has 4 heteroatoms. The van der Waals surface area contributed by atoms with Crippen LogP contribution in [0.5, 0.6) is 0 Å². The SMILES string of the molecule is CCCn1c(CC(=O)[O-])nc2ccccc21. The first-order chi connectivity index (χ1) is 7.72. The molecule has 0 bridgehead atoms. The van der Waals surface area contributed by atoms with Gasteiger partial charge in [0.2, 0.25) is 0 Å². The summed E-state index contributed by atoms with van der Waals surface area (Å²) in [5.41, 5.74) is 1.83. The average Bonchev–Trinajstić information content (AvgIpc) is 2.57. The third kappa shape index (κ3) is 1.91. The van der Waals surface area contributed by atoms with E-state index in [0.29, 0.717) is 5.82 Å². The van der Waals surface area contributed by atoms with Crippen molar-refractivity contribution in [3.05, 3.63) is 30.1 Å². The van der Waals surface area contributed by atoms with E-state index in [9.17, 15) is 9.90 Å². The monoisotopic (exact) mass is 217 g/mol. The molecule has 0 aliphatic carbocycles. The number of carboxylic acids is 1. The fourth-order valence-electron chi connectivity index (χ4n) is 1.86. The van der Waals surface area contributed by atoms with Gasteiger partial charge in [0, 0.05) is 18.9 Å². The van der Waals surface area contributed by atoms with Gasteiger partial charge < -0.3 is 14.5 Å². The van der Waals surface area contributed by atoms with E-state index in [1.807, 2.05) is 28.8 Å². The number of nitrogens with zero attached hydrogens (tertiary/aromatic N) is 2. The standard InChI is InChI=1S/C12H14N2O2/c1-2-7-14-10-6-4-3-5-9(10)13-11(14)8-12(15)16/h3-6H,2,7-8H2,1H3,(H,15,16)/p-1. The Bertz CT molecular complexity index is 517. The van der Waals surface area contributed by atoms with Crippen LogP contribution in [0.4, 0.5) is 0 Å². The number of aliphatic carboxylic acids is 1. The summed E-state index contributed by atoms with van der Waals surface area (Å²) >= 11 is 0. The zero-order valence-electron chi connectivity index (χ0n) is 9.14. The van der Waals surface area contributed by atoms with Gasteiger partial charge in [-0.3, -0.25) is 0 Å². The van der Waals surface area contributed by atoms with Crippen LogP contribution in [0.15, 0.2) is 24.3 Å². The van der Waals surface area contributed by atoms with Gasteiger partial charge in [-0.05, 0) is 18.6 Å². The minimum absolute atomic E-state index is 0.130. The molecule has 2 aromatic rings. The van der Waals surface area contributed by atoms with E-state index in [1.165, 1.54) is 0 Å². The van der Waals surface area contributed by atoms with Crippen molar-refractivity contribution < 1.29 is 9.90 Å². The van der Waals surface area contributed by atoms with Crippen molar-refractivity contribution in [1.29, 1.82) is 0 Å². The van der Waals surface area contributed by atoms with Gasteiger partial charge in [0.15, 0.2) is 0 Å². The molecule has 0 atom stereocenters. The van der Waals surface area contributed by atoms with Crippen molar-refractivity contribution >= 4 is 17.0 Å². The molecule has 0 amide bonds. The van der Waals surface area contributed by atoms with E-state index in [0.717, 1.165) is 24.0 Å². The maximum absolute atomic E-state index is 10.6. The molecule has 0 fully saturated rings. The number of hydrogen-bond donors (Lipinski definition) is 0. The van der Waals surface area contributed by atoms with Crippen LogP contribution in [-0.4, -0.2) is 15.5 Å². The Balaban J connectivity index is 2.53. The minimum atomic E-state index is -1.09. The van der Waals surface area contributed by atoms with Gasteiger partial charge in [-0.15, -0.1) is 0 Å². The van der Waals surface area contributed by atoms with Crippen LogP contribution in [-0.2, 0) is 17.8 Å².